The first-order valence-corrected chi connectivity index (χ1v) is 12.9. The van der Waals surface area contributed by atoms with Crippen molar-refractivity contribution < 1.29 is 13.9 Å². The molecule has 0 aromatic heterocycles. The van der Waals surface area contributed by atoms with Crippen molar-refractivity contribution in [3.05, 3.63) is 70.8 Å². The average molecular weight is 462 g/mol. The number of aliphatic hydroxyl groups is 1. The number of halogens is 2. The molecule has 0 saturated heterocycles. The monoisotopic (exact) mass is 461 g/mol. The van der Waals surface area contributed by atoms with Gasteiger partial charge in [-0.2, -0.15) is 11.8 Å². The molecule has 0 aliphatic heterocycles. The number of hydrogen-bond donors (Lipinski definition) is 2. The second kappa shape index (κ2) is 10.2. The summed E-state index contributed by atoms with van der Waals surface area (Å²) in [5.41, 5.74) is 2.55. The molecule has 1 fully saturated rings. The lowest BCUT2D eigenvalue weighted by Gasteiger charge is -2.45. The largest absolute Gasteiger partial charge is 0.391 e. The van der Waals surface area contributed by atoms with Gasteiger partial charge < -0.3 is 5.11 Å². The van der Waals surface area contributed by atoms with Crippen LogP contribution in [0.3, 0.4) is 0 Å². The summed E-state index contributed by atoms with van der Waals surface area (Å²) >= 11 is 1.90. The summed E-state index contributed by atoms with van der Waals surface area (Å²) < 4.78 is 28.2. The van der Waals surface area contributed by atoms with Crippen molar-refractivity contribution in [1.29, 1.82) is 0 Å². The molecule has 3 rings (SSSR count). The summed E-state index contributed by atoms with van der Waals surface area (Å²) in [5, 5.41) is 15.3. The minimum atomic E-state index is -0.753. The van der Waals surface area contributed by atoms with Crippen LogP contribution in [0.5, 0.6) is 0 Å². The highest BCUT2D eigenvalue weighted by atomic mass is 32.2. The molecule has 0 radical (unpaired) electrons. The predicted octanol–water partition coefficient (Wildman–Crippen LogP) is 6.87. The van der Waals surface area contributed by atoms with Crippen molar-refractivity contribution in [2.24, 2.45) is 0 Å². The molecule has 0 amide bonds. The van der Waals surface area contributed by atoms with Gasteiger partial charge in [0.2, 0.25) is 0 Å². The minimum Gasteiger partial charge on any atom is -0.391 e. The van der Waals surface area contributed by atoms with E-state index in [1.807, 2.05) is 18.7 Å². The Morgan fingerprint density at radius 3 is 2.25 bits per heavy atom. The smallest absolute Gasteiger partial charge is 0.126 e. The number of hydrogen-bond acceptors (Lipinski definition) is 3. The van der Waals surface area contributed by atoms with Gasteiger partial charge in [-0.1, -0.05) is 52.0 Å². The molecule has 0 spiro atoms. The molecule has 1 aliphatic carbocycles. The molecule has 2 nitrogen and oxygen atoms in total. The second-order valence-electron chi connectivity index (χ2n) is 10.1. The number of aliphatic hydroxyl groups excluding tert-OH is 1. The maximum absolute atomic E-state index is 14.1. The standard InChI is InChI=1S/C27H37F2NOS/c1-6-24(31)25(18-14-21(28)17-22(29)15-18)30-27(12-10-23(32-5)11-13-27)20-9-7-8-19(16-20)26(2,3)4/h7-9,14-17,23-25,30-31H,6,10-13H2,1-5H3. The third-order valence-electron chi connectivity index (χ3n) is 6.88. The van der Waals surface area contributed by atoms with Gasteiger partial charge in [-0.15, -0.1) is 0 Å². The SMILES string of the molecule is CCC(O)C(NC1(c2cccc(C(C)(C)C)c2)CCC(SC)CC1)c1cc(F)cc(F)c1. The Morgan fingerprint density at radius 1 is 1.09 bits per heavy atom. The van der Waals surface area contributed by atoms with E-state index in [1.54, 1.807) is 0 Å². The molecule has 2 aromatic rings. The van der Waals surface area contributed by atoms with Gasteiger partial charge in [0.15, 0.2) is 0 Å². The summed E-state index contributed by atoms with van der Waals surface area (Å²) in [7, 11) is 0. The van der Waals surface area contributed by atoms with Gasteiger partial charge in [-0.3, -0.25) is 5.32 Å². The Labute approximate surface area is 196 Å². The number of rotatable bonds is 7. The van der Waals surface area contributed by atoms with Crippen LogP contribution in [0.25, 0.3) is 0 Å². The normalized spacial score (nSPS) is 23.7. The fraction of sp³-hybridized carbons (Fsp3) is 0.556. The molecule has 2 unspecified atom stereocenters. The summed E-state index contributed by atoms with van der Waals surface area (Å²) in [4.78, 5) is 0. The fourth-order valence-electron chi connectivity index (χ4n) is 4.81. The summed E-state index contributed by atoms with van der Waals surface area (Å²) in [6.45, 7) is 8.51. The predicted molar refractivity (Wildman–Crippen MR) is 131 cm³/mol. The van der Waals surface area contributed by atoms with Crippen LogP contribution < -0.4 is 5.32 Å². The molecule has 2 N–H and O–H groups in total. The van der Waals surface area contributed by atoms with Crippen LogP contribution in [0.2, 0.25) is 0 Å². The molecular formula is C27H37F2NOS. The highest BCUT2D eigenvalue weighted by Crippen LogP contribution is 2.43. The summed E-state index contributed by atoms with van der Waals surface area (Å²) in [6, 6.07) is 11.7. The van der Waals surface area contributed by atoms with Gasteiger partial charge in [0.1, 0.15) is 11.6 Å². The quantitative estimate of drug-likeness (QED) is 0.472. The lowest BCUT2D eigenvalue weighted by atomic mass is 9.73. The molecule has 0 heterocycles. The Hall–Kier alpha value is -1.43. The van der Waals surface area contributed by atoms with Gasteiger partial charge in [-0.05, 0) is 72.6 Å². The van der Waals surface area contributed by atoms with Gasteiger partial charge >= 0.3 is 0 Å². The van der Waals surface area contributed by atoms with E-state index in [1.165, 1.54) is 23.3 Å². The van der Waals surface area contributed by atoms with Crippen LogP contribution in [0, 0.1) is 11.6 Å². The van der Waals surface area contributed by atoms with Crippen molar-refractivity contribution in [3.63, 3.8) is 0 Å². The Balaban J connectivity index is 2.06. The van der Waals surface area contributed by atoms with Gasteiger partial charge in [0.25, 0.3) is 0 Å². The molecule has 1 aliphatic rings. The maximum atomic E-state index is 14.1. The molecular weight excluding hydrogens is 424 g/mol. The Morgan fingerprint density at radius 2 is 1.72 bits per heavy atom. The van der Waals surface area contributed by atoms with Crippen LogP contribution in [0.1, 0.15) is 82.5 Å². The lowest BCUT2D eigenvalue weighted by molar-refractivity contribution is 0.0878. The first-order valence-electron chi connectivity index (χ1n) is 11.6. The van der Waals surface area contributed by atoms with Gasteiger partial charge in [0.05, 0.1) is 12.1 Å². The van der Waals surface area contributed by atoms with Crippen LogP contribution in [0.15, 0.2) is 42.5 Å². The van der Waals surface area contributed by atoms with Crippen LogP contribution in [0.4, 0.5) is 8.78 Å². The van der Waals surface area contributed by atoms with E-state index in [0.29, 0.717) is 17.2 Å². The molecule has 2 atom stereocenters. The number of benzene rings is 2. The third-order valence-corrected chi connectivity index (χ3v) is 8.02. The zero-order valence-corrected chi connectivity index (χ0v) is 20.7. The zero-order valence-electron chi connectivity index (χ0n) is 19.9. The number of nitrogens with one attached hydrogen (secondary N) is 1. The summed E-state index contributed by atoms with van der Waals surface area (Å²) in [6.07, 6.45) is 5.83. The maximum Gasteiger partial charge on any atom is 0.126 e. The number of thioether (sulfide) groups is 1. The van der Waals surface area contributed by atoms with E-state index in [0.717, 1.165) is 31.7 Å². The Kier molecular flexibility index (Phi) is 8.06. The average Bonchev–Trinajstić information content (AvgIpc) is 2.76. The van der Waals surface area contributed by atoms with Crippen molar-refractivity contribution >= 4 is 11.8 Å². The molecule has 5 heteroatoms. The van der Waals surface area contributed by atoms with Crippen molar-refractivity contribution in [2.75, 3.05) is 6.26 Å². The minimum absolute atomic E-state index is 0.0156. The zero-order chi connectivity index (χ0) is 23.5. The van der Waals surface area contributed by atoms with Crippen molar-refractivity contribution in [3.8, 4) is 0 Å². The van der Waals surface area contributed by atoms with E-state index >= 15 is 0 Å². The Bertz CT molecular complexity index is 883. The molecule has 0 bridgehead atoms. The third kappa shape index (κ3) is 5.73. The second-order valence-corrected chi connectivity index (χ2v) is 11.3. The van der Waals surface area contributed by atoms with Gasteiger partial charge in [-0.25, -0.2) is 8.78 Å². The summed E-state index contributed by atoms with van der Waals surface area (Å²) in [5.74, 6) is -1.24. The molecule has 2 aromatic carbocycles. The molecule has 1 saturated carbocycles. The van der Waals surface area contributed by atoms with E-state index in [9.17, 15) is 13.9 Å². The van der Waals surface area contributed by atoms with E-state index in [4.69, 9.17) is 0 Å². The van der Waals surface area contributed by atoms with Crippen LogP contribution in [-0.2, 0) is 11.0 Å². The molecule has 176 valence electrons. The lowest BCUT2D eigenvalue weighted by Crippen LogP contribution is -2.50. The van der Waals surface area contributed by atoms with Crippen LogP contribution in [-0.4, -0.2) is 22.7 Å². The fourth-order valence-corrected chi connectivity index (χ4v) is 5.52. The van der Waals surface area contributed by atoms with Crippen LogP contribution >= 0.6 is 11.8 Å². The highest BCUT2D eigenvalue weighted by molar-refractivity contribution is 7.99. The topological polar surface area (TPSA) is 32.3 Å². The van der Waals surface area contributed by atoms with E-state index in [-0.39, 0.29) is 11.0 Å². The first-order chi connectivity index (χ1) is 15.1. The highest BCUT2D eigenvalue weighted by Gasteiger charge is 2.40. The van der Waals surface area contributed by atoms with Crippen molar-refractivity contribution in [1.82, 2.24) is 5.32 Å². The van der Waals surface area contributed by atoms with E-state index in [2.05, 4.69) is 56.6 Å². The first kappa shape index (κ1) is 25.2. The van der Waals surface area contributed by atoms with E-state index < -0.39 is 23.8 Å². The van der Waals surface area contributed by atoms with Crippen molar-refractivity contribution in [2.45, 2.75) is 88.1 Å². The molecule has 32 heavy (non-hydrogen) atoms. The van der Waals surface area contributed by atoms with Gasteiger partial charge in [0, 0.05) is 16.9 Å².